The van der Waals surface area contributed by atoms with Gasteiger partial charge in [-0.05, 0) is 17.8 Å². The first-order chi connectivity index (χ1) is 11.0. The number of thioether (sulfide) groups is 1. The Morgan fingerprint density at radius 3 is 2.78 bits per heavy atom. The Labute approximate surface area is 136 Å². The Balaban J connectivity index is 2.11. The van der Waals surface area contributed by atoms with E-state index in [1.807, 2.05) is 0 Å². The number of aliphatic imine (C=N–C) groups is 1. The first kappa shape index (κ1) is 15.4. The third-order valence-corrected chi connectivity index (χ3v) is 4.37. The number of amidine groups is 1. The highest BCUT2D eigenvalue weighted by Crippen LogP contribution is 2.42. The van der Waals surface area contributed by atoms with Crippen molar-refractivity contribution in [3.05, 3.63) is 34.7 Å². The summed E-state index contributed by atoms with van der Waals surface area (Å²) in [6.45, 7) is 1.33. The minimum absolute atomic E-state index is 0.133. The number of fused-ring (bicyclic) bond motifs is 1. The van der Waals surface area contributed by atoms with Gasteiger partial charge in [0.25, 0.3) is 11.8 Å². The van der Waals surface area contributed by atoms with Gasteiger partial charge in [0.2, 0.25) is 5.91 Å². The number of carbonyl (C=O) groups is 3. The van der Waals surface area contributed by atoms with E-state index in [1.165, 1.54) is 6.92 Å². The third-order valence-electron chi connectivity index (χ3n) is 3.35. The van der Waals surface area contributed by atoms with Crippen LogP contribution in [-0.2, 0) is 14.4 Å². The standard InChI is InChI=1S/C15H13N3O4S/c1-8(20)18-10-5-3-2-4-9(10)11(14(18)22)12-13(21)17-15(23-12)16-6-7-19/h2-5,19H,6-7H2,1H3,(H,16,17,21)/b12-11-. The topological polar surface area (TPSA) is 99.1 Å². The van der Waals surface area contributed by atoms with E-state index in [1.54, 1.807) is 24.3 Å². The summed E-state index contributed by atoms with van der Waals surface area (Å²) in [4.78, 5) is 41.9. The zero-order valence-corrected chi connectivity index (χ0v) is 13.0. The van der Waals surface area contributed by atoms with Gasteiger partial charge >= 0.3 is 0 Å². The van der Waals surface area contributed by atoms with Crippen LogP contribution in [0.3, 0.4) is 0 Å². The number of hydrogen-bond acceptors (Lipinski definition) is 6. The van der Waals surface area contributed by atoms with Crippen molar-refractivity contribution in [3.8, 4) is 0 Å². The van der Waals surface area contributed by atoms with Crippen molar-refractivity contribution in [3.63, 3.8) is 0 Å². The lowest BCUT2D eigenvalue weighted by molar-refractivity contribution is -0.122. The second kappa shape index (κ2) is 5.98. The van der Waals surface area contributed by atoms with Gasteiger partial charge in [0.15, 0.2) is 5.17 Å². The molecule has 7 nitrogen and oxygen atoms in total. The summed E-state index contributed by atoms with van der Waals surface area (Å²) < 4.78 is 0. The molecule has 8 heteroatoms. The minimum atomic E-state index is -0.514. The number of para-hydroxylation sites is 1. The highest BCUT2D eigenvalue weighted by molar-refractivity contribution is 8.18. The van der Waals surface area contributed by atoms with Gasteiger partial charge in [0, 0.05) is 12.5 Å². The molecule has 1 aromatic rings. The van der Waals surface area contributed by atoms with Crippen LogP contribution >= 0.6 is 11.8 Å². The average Bonchev–Trinajstić information content (AvgIpc) is 3.01. The van der Waals surface area contributed by atoms with Crippen LogP contribution in [0.4, 0.5) is 5.69 Å². The first-order valence-corrected chi connectivity index (χ1v) is 7.69. The van der Waals surface area contributed by atoms with Crippen LogP contribution in [0.5, 0.6) is 0 Å². The van der Waals surface area contributed by atoms with Gasteiger partial charge in [-0.3, -0.25) is 19.4 Å². The molecular weight excluding hydrogens is 318 g/mol. The molecule has 0 atom stereocenters. The van der Waals surface area contributed by atoms with Crippen LogP contribution in [0.2, 0.25) is 0 Å². The minimum Gasteiger partial charge on any atom is -0.394 e. The van der Waals surface area contributed by atoms with Gasteiger partial charge in [0.05, 0.1) is 29.3 Å². The fourth-order valence-corrected chi connectivity index (χ4v) is 3.39. The summed E-state index contributed by atoms with van der Waals surface area (Å²) in [7, 11) is 0. The highest BCUT2D eigenvalue weighted by atomic mass is 32.2. The molecule has 2 aliphatic rings. The molecule has 0 aliphatic carbocycles. The van der Waals surface area contributed by atoms with Crippen molar-refractivity contribution in [2.24, 2.45) is 4.99 Å². The van der Waals surface area contributed by atoms with E-state index < -0.39 is 17.7 Å². The molecule has 0 radical (unpaired) electrons. The summed E-state index contributed by atoms with van der Waals surface area (Å²) in [6.07, 6.45) is 0. The number of anilines is 1. The van der Waals surface area contributed by atoms with Crippen molar-refractivity contribution < 1.29 is 19.5 Å². The van der Waals surface area contributed by atoms with Crippen LogP contribution < -0.4 is 10.2 Å². The smallest absolute Gasteiger partial charge is 0.267 e. The maximum Gasteiger partial charge on any atom is 0.267 e. The molecule has 1 saturated heterocycles. The van der Waals surface area contributed by atoms with Gasteiger partial charge in [-0.1, -0.05) is 18.2 Å². The molecule has 0 bridgehead atoms. The van der Waals surface area contributed by atoms with Gasteiger partial charge in [-0.25, -0.2) is 4.90 Å². The number of nitrogens with one attached hydrogen (secondary N) is 1. The van der Waals surface area contributed by atoms with E-state index in [0.29, 0.717) is 16.4 Å². The van der Waals surface area contributed by atoms with Crippen molar-refractivity contribution in [1.29, 1.82) is 0 Å². The number of carbonyl (C=O) groups excluding carboxylic acids is 3. The van der Waals surface area contributed by atoms with Crippen molar-refractivity contribution in [2.75, 3.05) is 18.1 Å². The Morgan fingerprint density at radius 1 is 1.35 bits per heavy atom. The number of amides is 3. The fraction of sp³-hybridized carbons (Fsp3) is 0.200. The van der Waals surface area contributed by atoms with E-state index >= 15 is 0 Å². The zero-order chi connectivity index (χ0) is 16.6. The molecule has 0 unspecified atom stereocenters. The molecule has 0 spiro atoms. The maximum atomic E-state index is 12.6. The number of imide groups is 1. The molecule has 23 heavy (non-hydrogen) atoms. The second-order valence-corrected chi connectivity index (χ2v) is 5.85. The van der Waals surface area contributed by atoms with Crippen LogP contribution in [0.15, 0.2) is 34.2 Å². The van der Waals surface area contributed by atoms with E-state index in [-0.39, 0.29) is 23.6 Å². The average molecular weight is 331 g/mol. The summed E-state index contributed by atoms with van der Waals surface area (Å²) in [5, 5.41) is 11.7. The van der Waals surface area contributed by atoms with E-state index in [0.717, 1.165) is 16.7 Å². The fourth-order valence-electron chi connectivity index (χ4n) is 2.46. The molecule has 1 aromatic carbocycles. The maximum absolute atomic E-state index is 12.6. The number of aliphatic hydroxyl groups excluding tert-OH is 1. The van der Waals surface area contributed by atoms with Gasteiger partial charge < -0.3 is 10.4 Å². The molecule has 2 aliphatic heterocycles. The Kier molecular flexibility index (Phi) is 4.01. The van der Waals surface area contributed by atoms with Crippen molar-refractivity contribution in [2.45, 2.75) is 6.92 Å². The molecule has 2 N–H and O–H groups in total. The molecule has 0 aromatic heterocycles. The van der Waals surface area contributed by atoms with Crippen molar-refractivity contribution >= 4 is 45.9 Å². The Morgan fingerprint density at radius 2 is 2.09 bits per heavy atom. The number of rotatable bonds is 2. The lowest BCUT2D eigenvalue weighted by Crippen LogP contribution is -2.31. The second-order valence-electron chi connectivity index (χ2n) is 4.85. The summed E-state index contributed by atoms with van der Waals surface area (Å²) >= 11 is 1.04. The third kappa shape index (κ3) is 2.55. The summed E-state index contributed by atoms with van der Waals surface area (Å²) in [5.41, 5.74) is 1.22. The van der Waals surface area contributed by atoms with Gasteiger partial charge in [-0.2, -0.15) is 0 Å². The van der Waals surface area contributed by atoms with Crippen molar-refractivity contribution in [1.82, 2.24) is 5.32 Å². The first-order valence-electron chi connectivity index (χ1n) is 6.87. The Hall–Kier alpha value is -2.45. The van der Waals surface area contributed by atoms with Crippen LogP contribution in [-0.4, -0.2) is 41.1 Å². The normalized spacial score (nSPS) is 21.8. The molecule has 3 rings (SSSR count). The predicted octanol–water partition coefficient (Wildman–Crippen LogP) is 0.502. The number of aliphatic hydroxyl groups is 1. The van der Waals surface area contributed by atoms with Gasteiger partial charge in [0.1, 0.15) is 0 Å². The molecule has 118 valence electrons. The Bertz CT molecular complexity index is 785. The zero-order valence-electron chi connectivity index (χ0n) is 12.2. The van der Waals surface area contributed by atoms with Crippen LogP contribution in [0.25, 0.3) is 5.57 Å². The quantitative estimate of drug-likeness (QED) is 0.769. The highest BCUT2D eigenvalue weighted by Gasteiger charge is 2.40. The monoisotopic (exact) mass is 331 g/mol. The van der Waals surface area contributed by atoms with E-state index in [9.17, 15) is 14.4 Å². The summed E-state index contributed by atoms with van der Waals surface area (Å²) in [6, 6.07) is 6.84. The largest absolute Gasteiger partial charge is 0.394 e. The lowest BCUT2D eigenvalue weighted by Gasteiger charge is -2.11. The molecule has 3 amide bonds. The molecule has 0 saturated carbocycles. The van der Waals surface area contributed by atoms with E-state index in [4.69, 9.17) is 5.11 Å². The molecule has 1 fully saturated rings. The van der Waals surface area contributed by atoms with Crippen LogP contribution in [0, 0.1) is 0 Å². The van der Waals surface area contributed by atoms with E-state index in [2.05, 4.69) is 10.3 Å². The summed E-state index contributed by atoms with van der Waals surface area (Å²) in [5.74, 6) is -1.36. The number of nitrogens with zero attached hydrogens (tertiary/aromatic N) is 2. The SMILES string of the molecule is CC(=O)N1C(=O)/C(=C2\SC(=NCCO)NC2=O)c2ccccc21. The predicted molar refractivity (Wildman–Crippen MR) is 86.7 cm³/mol. The number of benzene rings is 1. The lowest BCUT2D eigenvalue weighted by atomic mass is 10.1. The van der Waals surface area contributed by atoms with Crippen LogP contribution in [0.1, 0.15) is 12.5 Å². The molecular formula is C15H13N3O4S. The number of hydrogen-bond donors (Lipinski definition) is 2. The molecule has 2 heterocycles. The van der Waals surface area contributed by atoms with Gasteiger partial charge in [-0.15, -0.1) is 0 Å².